The van der Waals surface area contributed by atoms with Crippen LogP contribution in [0.25, 0.3) is 0 Å². The second kappa shape index (κ2) is 12.5. The number of fused-ring (bicyclic) bond motifs is 1. The largest absolute Gasteiger partial charge is 0.394 e. The molecule has 0 saturated carbocycles. The summed E-state index contributed by atoms with van der Waals surface area (Å²) in [5, 5.41) is 10.5. The van der Waals surface area contributed by atoms with Crippen LogP contribution in [0.5, 0.6) is 0 Å². The molecule has 3 aliphatic heterocycles. The van der Waals surface area contributed by atoms with Crippen molar-refractivity contribution in [3.05, 3.63) is 55.6 Å². The molecule has 3 amide bonds. The number of amides is 3. The first kappa shape index (κ1) is 30.4. The van der Waals surface area contributed by atoms with Crippen molar-refractivity contribution in [3.63, 3.8) is 0 Å². The van der Waals surface area contributed by atoms with Crippen LogP contribution >= 0.6 is 11.8 Å². The molecule has 0 aliphatic carbocycles. The van der Waals surface area contributed by atoms with E-state index in [-0.39, 0.29) is 41.4 Å². The number of rotatable bonds is 13. The molecule has 1 N–H and O–H groups in total. The Bertz CT molecular complexity index is 1110. The molecule has 218 valence electrons. The minimum Gasteiger partial charge on any atom is -0.394 e. The molecule has 0 radical (unpaired) electrons. The maximum Gasteiger partial charge on any atom is 0.247 e. The van der Waals surface area contributed by atoms with E-state index in [9.17, 15) is 19.5 Å². The molecule has 1 aromatic rings. The van der Waals surface area contributed by atoms with Crippen molar-refractivity contribution in [2.75, 3.05) is 31.1 Å². The van der Waals surface area contributed by atoms with Gasteiger partial charge in [-0.15, -0.1) is 24.9 Å². The number of benzene rings is 1. The smallest absolute Gasteiger partial charge is 0.247 e. The van der Waals surface area contributed by atoms with Gasteiger partial charge in [0.2, 0.25) is 17.7 Å². The van der Waals surface area contributed by atoms with Crippen molar-refractivity contribution >= 4 is 35.2 Å². The van der Waals surface area contributed by atoms with Crippen LogP contribution in [0.1, 0.15) is 47.0 Å². The highest BCUT2D eigenvalue weighted by atomic mass is 32.2. The number of anilines is 1. The van der Waals surface area contributed by atoms with Gasteiger partial charge in [-0.2, -0.15) is 0 Å². The van der Waals surface area contributed by atoms with Crippen LogP contribution in [0.3, 0.4) is 0 Å². The zero-order chi connectivity index (χ0) is 29.2. The molecule has 7 atom stereocenters. The van der Waals surface area contributed by atoms with Gasteiger partial charge in [0.15, 0.2) is 0 Å². The van der Waals surface area contributed by atoms with Gasteiger partial charge in [0, 0.05) is 30.6 Å². The standard InChI is InChI=1S/C32H45N3O4S/c1-7-10-18-33(16-8-2)31(39)28-32-22(6)19-25(40-32)26(27(32)30(38)35(28)24(20-36)21(4)5)29(37)34(17-9-3)23-14-12-11-13-15-23/h8-9,11-15,21-22,24-28,36H,2-3,7,10,16-20H2,1,4-6H3/t22?,24-,25-,26+,27-,28?,32?/m0/s1. The summed E-state index contributed by atoms with van der Waals surface area (Å²) in [6.07, 6.45) is 6.00. The van der Waals surface area contributed by atoms with Crippen LogP contribution < -0.4 is 4.90 Å². The third-order valence-corrected chi connectivity index (χ3v) is 11.2. The van der Waals surface area contributed by atoms with Crippen LogP contribution in [0.4, 0.5) is 5.69 Å². The van der Waals surface area contributed by atoms with Gasteiger partial charge >= 0.3 is 0 Å². The van der Waals surface area contributed by atoms with Gasteiger partial charge in [-0.1, -0.05) is 64.5 Å². The maximum absolute atomic E-state index is 14.6. The Hall–Kier alpha value is -2.58. The lowest BCUT2D eigenvalue weighted by Gasteiger charge is -2.43. The van der Waals surface area contributed by atoms with Crippen molar-refractivity contribution < 1.29 is 19.5 Å². The van der Waals surface area contributed by atoms with E-state index in [2.05, 4.69) is 27.0 Å². The molecular weight excluding hydrogens is 522 g/mol. The number of unbranched alkanes of at least 4 members (excludes halogenated alkanes) is 1. The van der Waals surface area contributed by atoms with Crippen molar-refractivity contribution in [3.8, 4) is 0 Å². The van der Waals surface area contributed by atoms with Gasteiger partial charge in [-0.3, -0.25) is 14.4 Å². The number of hydrogen-bond acceptors (Lipinski definition) is 5. The maximum atomic E-state index is 14.6. The van der Waals surface area contributed by atoms with E-state index in [1.54, 1.807) is 33.7 Å². The lowest BCUT2D eigenvalue weighted by atomic mass is 9.65. The first-order valence-corrected chi connectivity index (χ1v) is 15.5. The third-order valence-electron chi connectivity index (χ3n) is 9.10. The summed E-state index contributed by atoms with van der Waals surface area (Å²) in [5.41, 5.74) is 0.768. The lowest BCUT2D eigenvalue weighted by molar-refractivity contribution is -0.146. The molecule has 7 nitrogen and oxygen atoms in total. The quantitative estimate of drug-likeness (QED) is 0.358. The molecule has 3 unspecified atom stereocenters. The summed E-state index contributed by atoms with van der Waals surface area (Å²) < 4.78 is -0.732. The van der Waals surface area contributed by atoms with Crippen LogP contribution in [0.2, 0.25) is 0 Å². The number of carbonyl (C=O) groups excluding carboxylic acids is 3. The van der Waals surface area contributed by atoms with Crippen molar-refractivity contribution in [1.29, 1.82) is 0 Å². The highest BCUT2D eigenvalue weighted by Crippen LogP contribution is 2.69. The molecule has 0 aromatic heterocycles. The van der Waals surface area contributed by atoms with Crippen molar-refractivity contribution in [2.45, 2.75) is 69.0 Å². The minimum absolute atomic E-state index is 0.0555. The second-order valence-corrected chi connectivity index (χ2v) is 13.3. The van der Waals surface area contributed by atoms with E-state index in [1.165, 1.54) is 0 Å². The molecule has 2 bridgehead atoms. The van der Waals surface area contributed by atoms with Gasteiger partial charge in [0.05, 0.1) is 29.2 Å². The first-order chi connectivity index (χ1) is 19.2. The number of para-hydroxylation sites is 1. The zero-order valence-electron chi connectivity index (χ0n) is 24.4. The molecular formula is C32H45N3O4S. The Balaban J connectivity index is 1.83. The highest BCUT2D eigenvalue weighted by molar-refractivity contribution is 8.02. The van der Waals surface area contributed by atoms with Crippen molar-refractivity contribution in [2.24, 2.45) is 23.7 Å². The summed E-state index contributed by atoms with van der Waals surface area (Å²) in [7, 11) is 0. The number of aliphatic hydroxyl groups is 1. The van der Waals surface area contributed by atoms with Gasteiger partial charge in [0.25, 0.3) is 0 Å². The summed E-state index contributed by atoms with van der Waals surface area (Å²) in [6.45, 7) is 17.0. The van der Waals surface area contributed by atoms with E-state index in [0.717, 1.165) is 24.9 Å². The van der Waals surface area contributed by atoms with Crippen molar-refractivity contribution in [1.82, 2.24) is 9.80 Å². The Morgan fingerprint density at radius 1 is 1.18 bits per heavy atom. The van der Waals surface area contributed by atoms with Gasteiger partial charge in [-0.25, -0.2) is 0 Å². The van der Waals surface area contributed by atoms with Gasteiger partial charge in [-0.05, 0) is 36.8 Å². The number of thioether (sulfide) groups is 1. The summed E-state index contributed by atoms with van der Waals surface area (Å²) >= 11 is 1.68. The molecule has 40 heavy (non-hydrogen) atoms. The number of carbonyl (C=O) groups is 3. The molecule has 3 aliphatic rings. The Morgan fingerprint density at radius 3 is 2.42 bits per heavy atom. The molecule has 1 aromatic carbocycles. The van der Waals surface area contributed by atoms with E-state index < -0.39 is 28.7 Å². The lowest BCUT2D eigenvalue weighted by Crippen LogP contribution is -2.60. The fourth-order valence-electron chi connectivity index (χ4n) is 7.21. The summed E-state index contributed by atoms with van der Waals surface area (Å²) in [5.74, 6) is -1.54. The topological polar surface area (TPSA) is 81.2 Å². The monoisotopic (exact) mass is 567 g/mol. The molecule has 3 saturated heterocycles. The normalized spacial score (nSPS) is 29.4. The van der Waals surface area contributed by atoms with Crippen LogP contribution in [-0.4, -0.2) is 80.9 Å². The Kier molecular flexibility index (Phi) is 9.51. The summed E-state index contributed by atoms with van der Waals surface area (Å²) in [6, 6.07) is 8.25. The SMILES string of the molecule is C=CCN(CCCC)C(=O)C1N([C@@H](CO)C(C)C)C(=O)[C@@H]2[C@H](C(=O)N(CC=C)c3ccccc3)[C@@H]3CC(C)C12S3. The molecule has 3 heterocycles. The Morgan fingerprint density at radius 2 is 1.85 bits per heavy atom. The summed E-state index contributed by atoms with van der Waals surface area (Å²) in [4.78, 5) is 48.7. The average molecular weight is 568 g/mol. The van der Waals surface area contributed by atoms with E-state index in [4.69, 9.17) is 0 Å². The number of aliphatic hydroxyl groups excluding tert-OH is 1. The zero-order valence-corrected chi connectivity index (χ0v) is 25.2. The average Bonchev–Trinajstić information content (AvgIpc) is 3.53. The minimum atomic E-state index is -0.742. The van der Waals surface area contributed by atoms with Gasteiger partial charge in [0.1, 0.15) is 6.04 Å². The molecule has 8 heteroatoms. The number of hydrogen-bond donors (Lipinski definition) is 1. The van der Waals surface area contributed by atoms with Crippen LogP contribution in [0, 0.1) is 23.7 Å². The number of nitrogens with zero attached hydrogens (tertiary/aromatic N) is 3. The third kappa shape index (κ3) is 4.91. The fourth-order valence-corrected chi connectivity index (χ4v) is 9.60. The predicted molar refractivity (Wildman–Crippen MR) is 162 cm³/mol. The predicted octanol–water partition coefficient (Wildman–Crippen LogP) is 4.37. The first-order valence-electron chi connectivity index (χ1n) is 14.7. The number of likely N-dealkylation sites (tertiary alicyclic amines) is 1. The highest BCUT2D eigenvalue weighted by Gasteiger charge is 2.77. The van der Waals surface area contributed by atoms with Gasteiger partial charge < -0.3 is 19.8 Å². The molecule has 3 fully saturated rings. The fraction of sp³-hybridized carbons (Fsp3) is 0.594. The van der Waals surface area contributed by atoms with Crippen LogP contribution in [0.15, 0.2) is 55.6 Å². The Labute approximate surface area is 243 Å². The molecule has 1 spiro atoms. The van der Waals surface area contributed by atoms with E-state index in [1.807, 2.05) is 49.1 Å². The second-order valence-electron chi connectivity index (χ2n) is 11.8. The van der Waals surface area contributed by atoms with Crippen LogP contribution in [-0.2, 0) is 14.4 Å². The molecule has 4 rings (SSSR count). The van der Waals surface area contributed by atoms with E-state index in [0.29, 0.717) is 19.6 Å². The van der Waals surface area contributed by atoms with E-state index >= 15 is 0 Å².